The second-order valence-electron chi connectivity index (χ2n) is 5.45. The first-order valence-electron chi connectivity index (χ1n) is 7.63. The summed E-state index contributed by atoms with van der Waals surface area (Å²) in [6, 6.07) is 8.33. The Balaban J connectivity index is 1.83. The molecule has 118 valence electrons. The summed E-state index contributed by atoms with van der Waals surface area (Å²) >= 11 is 1.29. The van der Waals surface area contributed by atoms with Crippen LogP contribution in [0.25, 0.3) is 0 Å². The van der Waals surface area contributed by atoms with Gasteiger partial charge in [0.1, 0.15) is 0 Å². The molecule has 0 N–H and O–H groups in total. The van der Waals surface area contributed by atoms with E-state index in [9.17, 15) is 8.42 Å². The number of rotatable bonds is 3. The van der Waals surface area contributed by atoms with Gasteiger partial charge in [0.2, 0.25) is 0 Å². The Labute approximate surface area is 135 Å². The Morgan fingerprint density at radius 2 is 1.91 bits per heavy atom. The third kappa shape index (κ3) is 3.09. The lowest BCUT2D eigenvalue weighted by atomic mass is 9.99. The fourth-order valence-electron chi connectivity index (χ4n) is 2.79. The summed E-state index contributed by atoms with van der Waals surface area (Å²) < 4.78 is 27.6. The Bertz CT molecular complexity index is 753. The summed E-state index contributed by atoms with van der Waals surface area (Å²) in [5, 5.41) is 0.871. The molecule has 0 bridgehead atoms. The van der Waals surface area contributed by atoms with E-state index in [1.54, 1.807) is 4.31 Å². The van der Waals surface area contributed by atoms with E-state index in [0.717, 1.165) is 30.7 Å². The maximum atomic E-state index is 12.8. The van der Waals surface area contributed by atoms with Crippen molar-refractivity contribution in [3.05, 3.63) is 46.6 Å². The number of benzene rings is 1. The number of nitrogens with zero attached hydrogens (tertiary/aromatic N) is 2. The molecule has 0 saturated heterocycles. The molecule has 1 aliphatic heterocycles. The van der Waals surface area contributed by atoms with Gasteiger partial charge in [-0.05, 0) is 36.8 Å². The SMILES string of the molecule is CCc1ncc(S(=O)(=O)N2CCCc3ccccc3CC2)s1. The molecule has 1 aliphatic rings. The zero-order valence-corrected chi connectivity index (χ0v) is 14.3. The quantitative estimate of drug-likeness (QED) is 0.866. The van der Waals surface area contributed by atoms with Crippen LogP contribution in [-0.4, -0.2) is 30.8 Å². The van der Waals surface area contributed by atoms with Crippen LogP contribution in [0, 0.1) is 0 Å². The number of hydrogen-bond acceptors (Lipinski definition) is 4. The van der Waals surface area contributed by atoms with Gasteiger partial charge in [-0.3, -0.25) is 0 Å². The van der Waals surface area contributed by atoms with Gasteiger partial charge in [0.05, 0.1) is 11.2 Å². The van der Waals surface area contributed by atoms with Gasteiger partial charge in [0, 0.05) is 13.1 Å². The number of hydrogen-bond donors (Lipinski definition) is 0. The maximum Gasteiger partial charge on any atom is 0.254 e. The van der Waals surface area contributed by atoms with Crippen molar-refractivity contribution < 1.29 is 8.42 Å². The van der Waals surface area contributed by atoms with Gasteiger partial charge in [0.15, 0.2) is 4.21 Å². The van der Waals surface area contributed by atoms with Gasteiger partial charge < -0.3 is 0 Å². The summed E-state index contributed by atoms with van der Waals surface area (Å²) in [6.45, 7) is 3.11. The fourth-order valence-corrected chi connectivity index (χ4v) is 5.55. The molecule has 0 amide bonds. The summed E-state index contributed by atoms with van der Waals surface area (Å²) in [6.07, 6.45) is 4.84. The van der Waals surface area contributed by atoms with Gasteiger partial charge in [-0.25, -0.2) is 13.4 Å². The molecule has 1 aromatic carbocycles. The van der Waals surface area contributed by atoms with E-state index >= 15 is 0 Å². The molecule has 4 nitrogen and oxygen atoms in total. The van der Waals surface area contributed by atoms with E-state index in [4.69, 9.17) is 0 Å². The maximum absolute atomic E-state index is 12.8. The number of aromatic nitrogens is 1. The van der Waals surface area contributed by atoms with Crippen LogP contribution >= 0.6 is 11.3 Å². The zero-order chi connectivity index (χ0) is 15.6. The van der Waals surface area contributed by atoms with Crippen LogP contribution in [0.5, 0.6) is 0 Å². The van der Waals surface area contributed by atoms with Gasteiger partial charge >= 0.3 is 0 Å². The monoisotopic (exact) mass is 336 g/mol. The van der Waals surface area contributed by atoms with Crippen molar-refractivity contribution in [1.82, 2.24) is 9.29 Å². The molecule has 0 spiro atoms. The molecule has 6 heteroatoms. The standard InChI is InChI=1S/C16H20N2O2S2/c1-2-15-17-12-16(21-15)22(19,20)18-10-5-8-13-6-3-4-7-14(13)9-11-18/h3-4,6-7,12H,2,5,8-11H2,1H3. The van der Waals surface area contributed by atoms with Gasteiger partial charge in [-0.2, -0.15) is 4.31 Å². The summed E-state index contributed by atoms with van der Waals surface area (Å²) in [7, 11) is -3.40. The molecule has 0 radical (unpaired) electrons. The van der Waals surface area contributed by atoms with Crippen LogP contribution in [0.15, 0.2) is 34.7 Å². The third-order valence-corrected chi connectivity index (χ3v) is 7.51. The molecule has 1 aromatic heterocycles. The molecular formula is C16H20N2O2S2. The Morgan fingerprint density at radius 1 is 1.18 bits per heavy atom. The lowest BCUT2D eigenvalue weighted by molar-refractivity contribution is 0.402. The molecule has 0 atom stereocenters. The second kappa shape index (κ2) is 6.48. The highest BCUT2D eigenvalue weighted by atomic mass is 32.2. The smallest absolute Gasteiger partial charge is 0.248 e. The minimum Gasteiger partial charge on any atom is -0.248 e. The number of thiazole rings is 1. The van der Waals surface area contributed by atoms with E-state index in [1.807, 2.05) is 13.0 Å². The fraction of sp³-hybridized carbons (Fsp3) is 0.438. The van der Waals surface area contributed by atoms with Crippen LogP contribution in [0.2, 0.25) is 0 Å². The predicted molar refractivity (Wildman–Crippen MR) is 88.7 cm³/mol. The summed E-state index contributed by atoms with van der Waals surface area (Å²) in [5.74, 6) is 0. The van der Waals surface area contributed by atoms with Gasteiger partial charge in [-0.1, -0.05) is 31.2 Å². The Morgan fingerprint density at radius 3 is 2.59 bits per heavy atom. The third-order valence-electron chi connectivity index (χ3n) is 4.03. The first-order chi connectivity index (χ1) is 10.6. The summed E-state index contributed by atoms with van der Waals surface area (Å²) in [4.78, 5) is 4.19. The first-order valence-corrected chi connectivity index (χ1v) is 9.88. The van der Waals surface area contributed by atoms with E-state index in [-0.39, 0.29) is 0 Å². The molecule has 3 rings (SSSR count). The first kappa shape index (κ1) is 15.6. The van der Waals surface area contributed by atoms with E-state index in [1.165, 1.54) is 28.7 Å². The van der Waals surface area contributed by atoms with Gasteiger partial charge in [-0.15, -0.1) is 11.3 Å². The van der Waals surface area contributed by atoms with Crippen molar-refractivity contribution in [2.45, 2.75) is 36.8 Å². The molecule has 2 aromatic rings. The zero-order valence-electron chi connectivity index (χ0n) is 12.7. The molecule has 2 heterocycles. The van der Waals surface area contributed by atoms with Crippen LogP contribution in [0.3, 0.4) is 0 Å². The minimum absolute atomic E-state index is 0.373. The molecule has 22 heavy (non-hydrogen) atoms. The largest absolute Gasteiger partial charge is 0.254 e. The number of fused-ring (bicyclic) bond motifs is 1. The number of sulfonamides is 1. The Hall–Kier alpha value is -1.24. The van der Waals surface area contributed by atoms with Crippen LogP contribution in [0.4, 0.5) is 0 Å². The molecular weight excluding hydrogens is 316 g/mol. The van der Waals surface area contributed by atoms with Crippen molar-refractivity contribution >= 4 is 21.4 Å². The molecule has 0 unspecified atom stereocenters. The van der Waals surface area contributed by atoms with Crippen molar-refractivity contribution in [2.24, 2.45) is 0 Å². The predicted octanol–water partition coefficient (Wildman–Crippen LogP) is 2.89. The average Bonchev–Trinajstić information content (AvgIpc) is 2.97. The Kier molecular flexibility index (Phi) is 4.61. The van der Waals surface area contributed by atoms with Crippen molar-refractivity contribution in [2.75, 3.05) is 13.1 Å². The molecule has 0 saturated carbocycles. The lowest BCUT2D eigenvalue weighted by Gasteiger charge is -2.24. The van der Waals surface area contributed by atoms with Gasteiger partial charge in [0.25, 0.3) is 10.0 Å². The highest BCUT2D eigenvalue weighted by Crippen LogP contribution is 2.25. The number of aryl methyl sites for hydroxylation is 2. The van der Waals surface area contributed by atoms with Crippen molar-refractivity contribution in [3.8, 4) is 0 Å². The summed E-state index contributed by atoms with van der Waals surface area (Å²) in [5.41, 5.74) is 2.62. The highest BCUT2D eigenvalue weighted by Gasteiger charge is 2.27. The van der Waals surface area contributed by atoms with Crippen LogP contribution in [-0.2, 0) is 29.3 Å². The van der Waals surface area contributed by atoms with Crippen LogP contribution in [0.1, 0.15) is 29.5 Å². The second-order valence-corrected chi connectivity index (χ2v) is 8.73. The average molecular weight is 336 g/mol. The topological polar surface area (TPSA) is 50.3 Å². The van der Waals surface area contributed by atoms with Crippen molar-refractivity contribution in [3.63, 3.8) is 0 Å². The lowest BCUT2D eigenvalue weighted by Crippen LogP contribution is -2.35. The van der Waals surface area contributed by atoms with E-state index < -0.39 is 10.0 Å². The molecule has 0 aliphatic carbocycles. The van der Waals surface area contributed by atoms with Crippen molar-refractivity contribution in [1.29, 1.82) is 0 Å². The highest BCUT2D eigenvalue weighted by molar-refractivity contribution is 7.91. The van der Waals surface area contributed by atoms with Crippen LogP contribution < -0.4 is 0 Å². The van der Waals surface area contributed by atoms with E-state index in [2.05, 4.69) is 23.2 Å². The van der Waals surface area contributed by atoms with E-state index in [0.29, 0.717) is 17.3 Å². The minimum atomic E-state index is -3.40. The normalized spacial score (nSPS) is 16.8. The molecule has 0 fully saturated rings.